The first-order valence-electron chi connectivity index (χ1n) is 7.06. The molecule has 0 amide bonds. The number of nitrogens with zero attached hydrogens (tertiary/aromatic N) is 1. The summed E-state index contributed by atoms with van der Waals surface area (Å²) in [5, 5.41) is 0. The zero-order valence-electron chi connectivity index (χ0n) is 11.7. The van der Waals surface area contributed by atoms with Crippen LogP contribution in [-0.4, -0.2) is 24.0 Å². The molecule has 2 rings (SSSR count). The highest BCUT2D eigenvalue weighted by atomic mass is 19.4. The maximum absolute atomic E-state index is 12.6. The fourth-order valence-electron chi connectivity index (χ4n) is 2.94. The standard InChI is InChI=1S/C15H21F3N2/c1-11-4-2-3-9-20(11)14(10-19)12-5-7-13(8-6-12)15(16,17)18/h5-8,11,14H,2-4,9-10,19H2,1H3. The zero-order valence-corrected chi connectivity index (χ0v) is 11.7. The molecule has 0 aromatic heterocycles. The Bertz CT molecular complexity index is 428. The minimum atomic E-state index is -4.28. The molecular formula is C15H21F3N2. The Morgan fingerprint density at radius 1 is 1.25 bits per heavy atom. The molecule has 0 saturated carbocycles. The van der Waals surface area contributed by atoms with E-state index < -0.39 is 11.7 Å². The zero-order chi connectivity index (χ0) is 14.8. The second-order valence-corrected chi connectivity index (χ2v) is 5.45. The predicted octanol–water partition coefficient (Wildman–Crippen LogP) is 3.58. The summed E-state index contributed by atoms with van der Waals surface area (Å²) in [4.78, 5) is 2.31. The number of nitrogens with two attached hydrogens (primary N) is 1. The van der Waals surface area contributed by atoms with Gasteiger partial charge in [0.2, 0.25) is 0 Å². The van der Waals surface area contributed by atoms with Gasteiger partial charge in [0.1, 0.15) is 0 Å². The van der Waals surface area contributed by atoms with Gasteiger partial charge in [-0.1, -0.05) is 18.6 Å². The van der Waals surface area contributed by atoms with Crippen molar-refractivity contribution in [2.75, 3.05) is 13.1 Å². The van der Waals surface area contributed by atoms with Crippen LogP contribution in [0.4, 0.5) is 13.2 Å². The van der Waals surface area contributed by atoms with Crippen molar-refractivity contribution in [3.63, 3.8) is 0 Å². The molecule has 0 spiro atoms. The third-order valence-electron chi connectivity index (χ3n) is 4.10. The van der Waals surface area contributed by atoms with Crippen LogP contribution in [0.25, 0.3) is 0 Å². The van der Waals surface area contributed by atoms with Crippen LogP contribution in [0.1, 0.15) is 43.4 Å². The van der Waals surface area contributed by atoms with Crippen LogP contribution >= 0.6 is 0 Å². The molecule has 1 aliphatic heterocycles. The normalized spacial score (nSPS) is 22.8. The van der Waals surface area contributed by atoms with Gasteiger partial charge in [-0.15, -0.1) is 0 Å². The van der Waals surface area contributed by atoms with E-state index in [9.17, 15) is 13.2 Å². The predicted molar refractivity (Wildman–Crippen MR) is 73.3 cm³/mol. The second kappa shape index (κ2) is 6.14. The lowest BCUT2D eigenvalue weighted by Gasteiger charge is -2.39. The highest BCUT2D eigenvalue weighted by Gasteiger charge is 2.31. The van der Waals surface area contributed by atoms with E-state index >= 15 is 0 Å². The van der Waals surface area contributed by atoms with Crippen molar-refractivity contribution in [3.05, 3.63) is 35.4 Å². The molecule has 20 heavy (non-hydrogen) atoms. The number of rotatable bonds is 3. The van der Waals surface area contributed by atoms with Gasteiger partial charge >= 0.3 is 6.18 Å². The molecule has 2 nitrogen and oxygen atoms in total. The lowest BCUT2D eigenvalue weighted by molar-refractivity contribution is -0.137. The van der Waals surface area contributed by atoms with E-state index in [0.29, 0.717) is 12.6 Å². The van der Waals surface area contributed by atoms with Gasteiger partial charge in [-0.05, 0) is 44.0 Å². The molecule has 1 saturated heterocycles. The number of alkyl halides is 3. The van der Waals surface area contributed by atoms with Gasteiger partial charge in [-0.2, -0.15) is 13.2 Å². The third-order valence-corrected chi connectivity index (χ3v) is 4.10. The number of hydrogen-bond donors (Lipinski definition) is 1. The van der Waals surface area contributed by atoms with Crippen molar-refractivity contribution in [2.45, 2.75) is 44.4 Å². The molecule has 2 atom stereocenters. The summed E-state index contributed by atoms with van der Waals surface area (Å²) in [6, 6.07) is 5.84. The van der Waals surface area contributed by atoms with Crippen molar-refractivity contribution in [1.82, 2.24) is 4.90 Å². The average molecular weight is 286 g/mol. The molecule has 0 bridgehead atoms. The fraction of sp³-hybridized carbons (Fsp3) is 0.600. The molecule has 1 aliphatic rings. The molecule has 112 valence electrons. The van der Waals surface area contributed by atoms with Crippen LogP contribution < -0.4 is 5.73 Å². The maximum atomic E-state index is 12.6. The Labute approximate surface area is 117 Å². The van der Waals surface area contributed by atoms with E-state index in [1.807, 2.05) is 0 Å². The van der Waals surface area contributed by atoms with Crippen LogP contribution in [0.2, 0.25) is 0 Å². The molecule has 2 unspecified atom stereocenters. The number of hydrogen-bond acceptors (Lipinski definition) is 2. The van der Waals surface area contributed by atoms with Gasteiger partial charge in [0.25, 0.3) is 0 Å². The molecule has 0 radical (unpaired) electrons. The number of piperidine rings is 1. The molecular weight excluding hydrogens is 265 g/mol. The quantitative estimate of drug-likeness (QED) is 0.920. The van der Waals surface area contributed by atoms with Gasteiger partial charge < -0.3 is 5.73 Å². The van der Waals surface area contributed by atoms with Gasteiger partial charge in [0.05, 0.1) is 5.56 Å². The molecule has 1 fully saturated rings. The average Bonchev–Trinajstić information content (AvgIpc) is 2.41. The van der Waals surface area contributed by atoms with Gasteiger partial charge in [0.15, 0.2) is 0 Å². The van der Waals surface area contributed by atoms with Crippen molar-refractivity contribution in [2.24, 2.45) is 5.73 Å². The van der Waals surface area contributed by atoms with Crippen molar-refractivity contribution >= 4 is 0 Å². The van der Waals surface area contributed by atoms with E-state index in [0.717, 1.165) is 37.1 Å². The minimum Gasteiger partial charge on any atom is -0.329 e. The SMILES string of the molecule is CC1CCCCN1C(CN)c1ccc(C(F)(F)F)cc1. The third kappa shape index (κ3) is 3.33. The summed E-state index contributed by atoms with van der Waals surface area (Å²) in [5.41, 5.74) is 6.12. The minimum absolute atomic E-state index is 0.00702. The molecule has 0 aliphatic carbocycles. The Hall–Kier alpha value is -1.07. The fourth-order valence-corrected chi connectivity index (χ4v) is 2.94. The largest absolute Gasteiger partial charge is 0.416 e. The Balaban J connectivity index is 2.19. The van der Waals surface area contributed by atoms with Crippen LogP contribution in [-0.2, 0) is 6.18 Å². The molecule has 5 heteroatoms. The molecule has 1 aromatic carbocycles. The Morgan fingerprint density at radius 3 is 2.40 bits per heavy atom. The van der Waals surface area contributed by atoms with E-state index in [1.165, 1.54) is 6.42 Å². The van der Waals surface area contributed by atoms with Crippen LogP contribution in [0, 0.1) is 0 Å². The number of benzene rings is 1. The summed E-state index contributed by atoms with van der Waals surface area (Å²) in [6.07, 6.45) is -0.824. The summed E-state index contributed by atoms with van der Waals surface area (Å²) >= 11 is 0. The summed E-state index contributed by atoms with van der Waals surface area (Å²) in [5.74, 6) is 0. The molecule has 1 aromatic rings. The maximum Gasteiger partial charge on any atom is 0.416 e. The topological polar surface area (TPSA) is 29.3 Å². The van der Waals surface area contributed by atoms with E-state index in [2.05, 4.69) is 11.8 Å². The van der Waals surface area contributed by atoms with Crippen molar-refractivity contribution in [1.29, 1.82) is 0 Å². The first kappa shape index (κ1) is 15.3. The van der Waals surface area contributed by atoms with E-state index in [-0.39, 0.29) is 6.04 Å². The molecule has 1 heterocycles. The second-order valence-electron chi connectivity index (χ2n) is 5.45. The van der Waals surface area contributed by atoms with Crippen LogP contribution in [0.3, 0.4) is 0 Å². The lowest BCUT2D eigenvalue weighted by atomic mass is 9.96. The lowest BCUT2D eigenvalue weighted by Crippen LogP contribution is -2.43. The molecule has 2 N–H and O–H groups in total. The summed E-state index contributed by atoms with van der Waals surface area (Å²) in [7, 11) is 0. The van der Waals surface area contributed by atoms with Gasteiger partial charge in [-0.3, -0.25) is 4.90 Å². The van der Waals surface area contributed by atoms with Crippen molar-refractivity contribution < 1.29 is 13.2 Å². The number of halogens is 3. The Kier molecular flexibility index (Phi) is 4.70. The Morgan fingerprint density at radius 2 is 1.90 bits per heavy atom. The van der Waals surface area contributed by atoms with Crippen LogP contribution in [0.15, 0.2) is 24.3 Å². The first-order chi connectivity index (χ1) is 9.43. The summed E-state index contributed by atoms with van der Waals surface area (Å²) in [6.45, 7) is 3.55. The number of likely N-dealkylation sites (tertiary alicyclic amines) is 1. The van der Waals surface area contributed by atoms with E-state index in [4.69, 9.17) is 5.73 Å². The van der Waals surface area contributed by atoms with Gasteiger partial charge in [-0.25, -0.2) is 0 Å². The highest BCUT2D eigenvalue weighted by Crippen LogP contribution is 2.32. The summed E-state index contributed by atoms with van der Waals surface area (Å²) < 4.78 is 37.8. The first-order valence-corrected chi connectivity index (χ1v) is 7.06. The van der Waals surface area contributed by atoms with E-state index in [1.54, 1.807) is 12.1 Å². The smallest absolute Gasteiger partial charge is 0.329 e. The van der Waals surface area contributed by atoms with Gasteiger partial charge in [0, 0.05) is 18.6 Å². The van der Waals surface area contributed by atoms with Crippen molar-refractivity contribution in [3.8, 4) is 0 Å². The van der Waals surface area contributed by atoms with Crippen LogP contribution in [0.5, 0.6) is 0 Å². The highest BCUT2D eigenvalue weighted by molar-refractivity contribution is 5.27. The monoisotopic (exact) mass is 286 g/mol.